The van der Waals surface area contributed by atoms with E-state index in [-0.39, 0.29) is 0 Å². The smallest absolute Gasteiger partial charge is 0.345 e. The molecule has 0 aliphatic rings. The number of anilines is 1. The van der Waals surface area contributed by atoms with Crippen LogP contribution in [0.4, 0.5) is 5.69 Å². The van der Waals surface area contributed by atoms with Crippen molar-refractivity contribution in [2.75, 3.05) is 5.32 Å². The Balaban J connectivity index is 1.47. The van der Waals surface area contributed by atoms with E-state index in [1.54, 1.807) is 4.68 Å². The van der Waals surface area contributed by atoms with Crippen molar-refractivity contribution in [2.24, 2.45) is 0 Å². The van der Waals surface area contributed by atoms with Crippen molar-refractivity contribution in [2.45, 2.75) is 13.5 Å². The molecule has 6 nitrogen and oxygen atoms in total. The van der Waals surface area contributed by atoms with Crippen molar-refractivity contribution < 1.29 is 4.74 Å². The van der Waals surface area contributed by atoms with Gasteiger partial charge in [0.15, 0.2) is 0 Å². The Hall–Kier alpha value is -3.67. The maximum absolute atomic E-state index is 5.91. The van der Waals surface area contributed by atoms with Gasteiger partial charge >= 0.3 is 6.01 Å². The van der Waals surface area contributed by atoms with Crippen molar-refractivity contribution in [3.8, 4) is 17.4 Å². The van der Waals surface area contributed by atoms with E-state index in [4.69, 9.17) is 4.74 Å². The fourth-order valence-corrected chi connectivity index (χ4v) is 2.67. The van der Waals surface area contributed by atoms with Crippen LogP contribution in [0.25, 0.3) is 5.69 Å². The molecule has 0 saturated carbocycles. The summed E-state index contributed by atoms with van der Waals surface area (Å²) in [4.78, 5) is 0. The maximum atomic E-state index is 5.91. The SMILES string of the molecule is Cc1ccc(NCc2cccc(Oc3nnnn3-c3ccccc3)c2)cc1. The van der Waals surface area contributed by atoms with Crippen LogP contribution in [-0.4, -0.2) is 20.2 Å². The number of rotatable bonds is 6. The Labute approximate surface area is 157 Å². The molecule has 1 aromatic heterocycles. The van der Waals surface area contributed by atoms with Gasteiger partial charge in [-0.2, -0.15) is 4.68 Å². The zero-order chi connectivity index (χ0) is 18.5. The number of ether oxygens (including phenoxy) is 1. The van der Waals surface area contributed by atoms with Gasteiger partial charge in [0.2, 0.25) is 0 Å². The molecule has 1 N–H and O–H groups in total. The summed E-state index contributed by atoms with van der Waals surface area (Å²) >= 11 is 0. The van der Waals surface area contributed by atoms with E-state index < -0.39 is 0 Å². The molecule has 0 aliphatic carbocycles. The number of hydrogen-bond acceptors (Lipinski definition) is 5. The highest BCUT2D eigenvalue weighted by Crippen LogP contribution is 2.22. The number of para-hydroxylation sites is 1. The molecule has 0 atom stereocenters. The van der Waals surface area contributed by atoms with Crippen molar-refractivity contribution in [3.63, 3.8) is 0 Å². The molecule has 4 rings (SSSR count). The standard InChI is InChI=1S/C21H19N5O/c1-16-10-12-18(13-11-16)22-15-17-6-5-9-20(14-17)27-21-23-24-25-26(21)19-7-3-2-4-8-19/h2-14,22H,15H2,1H3. The van der Waals surface area contributed by atoms with E-state index in [0.717, 1.165) is 16.9 Å². The van der Waals surface area contributed by atoms with Crippen molar-refractivity contribution in [3.05, 3.63) is 90.0 Å². The van der Waals surface area contributed by atoms with Gasteiger partial charge in [0.1, 0.15) is 5.75 Å². The molecule has 0 fully saturated rings. The lowest BCUT2D eigenvalue weighted by molar-refractivity contribution is 0.427. The van der Waals surface area contributed by atoms with Crippen LogP contribution in [0.15, 0.2) is 78.9 Å². The molecule has 4 aromatic rings. The van der Waals surface area contributed by atoms with E-state index in [9.17, 15) is 0 Å². The number of aromatic nitrogens is 4. The van der Waals surface area contributed by atoms with E-state index in [2.05, 4.69) is 52.0 Å². The van der Waals surface area contributed by atoms with Gasteiger partial charge in [-0.3, -0.25) is 0 Å². The number of nitrogens with one attached hydrogen (secondary N) is 1. The quantitative estimate of drug-likeness (QED) is 0.555. The lowest BCUT2D eigenvalue weighted by atomic mass is 10.2. The molecule has 3 aromatic carbocycles. The lowest BCUT2D eigenvalue weighted by Crippen LogP contribution is -2.01. The zero-order valence-electron chi connectivity index (χ0n) is 14.9. The maximum Gasteiger partial charge on any atom is 0.345 e. The first-order valence-corrected chi connectivity index (χ1v) is 8.69. The Bertz CT molecular complexity index is 1010. The normalized spacial score (nSPS) is 10.6. The third-order valence-electron chi connectivity index (χ3n) is 4.10. The van der Waals surface area contributed by atoms with Crippen LogP contribution in [0, 0.1) is 6.92 Å². The van der Waals surface area contributed by atoms with Gasteiger partial charge in [-0.05, 0) is 59.3 Å². The van der Waals surface area contributed by atoms with Crippen LogP contribution in [-0.2, 0) is 6.54 Å². The molecule has 0 saturated heterocycles. The van der Waals surface area contributed by atoms with Crippen LogP contribution < -0.4 is 10.1 Å². The van der Waals surface area contributed by atoms with Gasteiger partial charge in [-0.25, -0.2) is 0 Å². The molecular weight excluding hydrogens is 338 g/mol. The molecule has 1 heterocycles. The second-order valence-corrected chi connectivity index (χ2v) is 6.18. The van der Waals surface area contributed by atoms with E-state index >= 15 is 0 Å². The average Bonchev–Trinajstić information content (AvgIpc) is 3.17. The first kappa shape index (κ1) is 16.8. The summed E-state index contributed by atoms with van der Waals surface area (Å²) in [5.41, 5.74) is 4.27. The third kappa shape index (κ3) is 4.12. The second kappa shape index (κ2) is 7.70. The Kier molecular flexibility index (Phi) is 4.78. The van der Waals surface area contributed by atoms with E-state index in [1.807, 2.05) is 54.6 Å². The predicted molar refractivity (Wildman–Crippen MR) is 104 cm³/mol. The fourth-order valence-electron chi connectivity index (χ4n) is 2.67. The summed E-state index contributed by atoms with van der Waals surface area (Å²) in [6.45, 7) is 2.78. The predicted octanol–water partition coefficient (Wildman–Crippen LogP) is 4.38. The Morgan fingerprint density at radius 1 is 0.926 bits per heavy atom. The minimum atomic E-state index is 0.324. The topological polar surface area (TPSA) is 64.9 Å². The van der Waals surface area contributed by atoms with Gasteiger partial charge in [-0.1, -0.05) is 53.1 Å². The molecule has 0 radical (unpaired) electrons. The Morgan fingerprint density at radius 3 is 2.56 bits per heavy atom. The monoisotopic (exact) mass is 357 g/mol. The van der Waals surface area contributed by atoms with Gasteiger partial charge in [-0.15, -0.1) is 0 Å². The summed E-state index contributed by atoms with van der Waals surface area (Å²) < 4.78 is 7.48. The number of aryl methyl sites for hydroxylation is 1. The molecule has 0 spiro atoms. The minimum Gasteiger partial charge on any atom is -0.423 e. The Morgan fingerprint density at radius 2 is 1.74 bits per heavy atom. The minimum absolute atomic E-state index is 0.324. The number of benzene rings is 3. The number of hydrogen-bond donors (Lipinski definition) is 1. The van der Waals surface area contributed by atoms with Crippen LogP contribution in [0.2, 0.25) is 0 Å². The van der Waals surface area contributed by atoms with Crippen molar-refractivity contribution in [1.29, 1.82) is 0 Å². The number of nitrogens with zero attached hydrogens (tertiary/aromatic N) is 4. The molecule has 6 heteroatoms. The molecule has 0 aliphatic heterocycles. The fraction of sp³-hybridized carbons (Fsp3) is 0.0952. The van der Waals surface area contributed by atoms with Gasteiger partial charge in [0.25, 0.3) is 0 Å². The van der Waals surface area contributed by atoms with Crippen molar-refractivity contribution >= 4 is 5.69 Å². The van der Waals surface area contributed by atoms with Crippen LogP contribution in [0.3, 0.4) is 0 Å². The molecule has 134 valence electrons. The van der Waals surface area contributed by atoms with Crippen LogP contribution in [0.5, 0.6) is 11.8 Å². The van der Waals surface area contributed by atoms with Gasteiger partial charge < -0.3 is 10.1 Å². The van der Waals surface area contributed by atoms with Crippen molar-refractivity contribution in [1.82, 2.24) is 20.2 Å². The summed E-state index contributed by atoms with van der Waals surface area (Å²) in [7, 11) is 0. The second-order valence-electron chi connectivity index (χ2n) is 6.18. The number of tetrazole rings is 1. The largest absolute Gasteiger partial charge is 0.423 e. The van der Waals surface area contributed by atoms with Crippen LogP contribution in [0.1, 0.15) is 11.1 Å². The van der Waals surface area contributed by atoms with E-state index in [0.29, 0.717) is 18.3 Å². The first-order chi connectivity index (χ1) is 13.3. The molecular formula is C21H19N5O. The first-order valence-electron chi connectivity index (χ1n) is 8.69. The molecule has 0 unspecified atom stereocenters. The summed E-state index contributed by atoms with van der Waals surface area (Å²) in [6.07, 6.45) is 0. The average molecular weight is 357 g/mol. The molecule has 0 bridgehead atoms. The van der Waals surface area contributed by atoms with Gasteiger partial charge in [0.05, 0.1) is 5.69 Å². The third-order valence-corrected chi connectivity index (χ3v) is 4.10. The summed E-state index contributed by atoms with van der Waals surface area (Å²) in [5, 5.41) is 15.1. The summed E-state index contributed by atoms with van der Waals surface area (Å²) in [6, 6.07) is 26.2. The summed E-state index contributed by atoms with van der Waals surface area (Å²) in [5.74, 6) is 0.685. The molecule has 0 amide bonds. The van der Waals surface area contributed by atoms with Crippen LogP contribution >= 0.6 is 0 Å². The highest BCUT2D eigenvalue weighted by molar-refractivity contribution is 5.45. The highest BCUT2D eigenvalue weighted by Gasteiger charge is 2.10. The zero-order valence-corrected chi connectivity index (χ0v) is 14.9. The lowest BCUT2D eigenvalue weighted by Gasteiger charge is -2.09. The highest BCUT2D eigenvalue weighted by atomic mass is 16.5. The van der Waals surface area contributed by atoms with E-state index in [1.165, 1.54) is 5.56 Å². The molecule has 27 heavy (non-hydrogen) atoms. The van der Waals surface area contributed by atoms with Gasteiger partial charge in [0, 0.05) is 12.2 Å².